The Balaban J connectivity index is 2.49. The smallest absolute Gasteiger partial charge is 0.326 e. The van der Waals surface area contributed by atoms with Crippen molar-refractivity contribution in [2.24, 2.45) is 5.92 Å². The molecule has 2 N–H and O–H groups in total. The topological polar surface area (TPSA) is 66.4 Å². The molecular formula is C14H18ClNO3S. The zero-order chi connectivity index (χ0) is 15.1. The number of amides is 1. The highest BCUT2D eigenvalue weighted by Crippen LogP contribution is 2.20. The van der Waals surface area contributed by atoms with E-state index in [4.69, 9.17) is 16.7 Å². The molecule has 1 rings (SSSR count). The van der Waals surface area contributed by atoms with Gasteiger partial charge in [-0.25, -0.2) is 4.79 Å². The molecule has 0 saturated heterocycles. The van der Waals surface area contributed by atoms with Gasteiger partial charge in [-0.05, 0) is 30.2 Å². The average Bonchev–Trinajstić information content (AvgIpc) is 2.43. The number of rotatable bonds is 7. The summed E-state index contributed by atoms with van der Waals surface area (Å²) in [6.45, 7) is 3.71. The van der Waals surface area contributed by atoms with E-state index in [1.165, 1.54) is 11.8 Å². The molecule has 0 fully saturated rings. The van der Waals surface area contributed by atoms with Crippen LogP contribution in [0.2, 0.25) is 5.02 Å². The van der Waals surface area contributed by atoms with Crippen molar-refractivity contribution < 1.29 is 14.7 Å². The van der Waals surface area contributed by atoms with Crippen LogP contribution in [0.4, 0.5) is 0 Å². The lowest BCUT2D eigenvalue weighted by Gasteiger charge is -2.19. The number of carbonyl (C=O) groups is 2. The lowest BCUT2D eigenvalue weighted by molar-refractivity contribution is -0.143. The fourth-order valence-corrected chi connectivity index (χ4v) is 2.41. The maximum absolute atomic E-state index is 11.8. The minimum absolute atomic E-state index is 0.100. The van der Waals surface area contributed by atoms with Gasteiger partial charge in [-0.1, -0.05) is 31.9 Å². The first-order valence-electron chi connectivity index (χ1n) is 6.34. The quantitative estimate of drug-likeness (QED) is 0.759. The Kier molecular flexibility index (Phi) is 6.88. The van der Waals surface area contributed by atoms with Crippen LogP contribution in [0.3, 0.4) is 0 Å². The Morgan fingerprint density at radius 2 is 1.95 bits per heavy atom. The van der Waals surface area contributed by atoms with Gasteiger partial charge in [-0.2, -0.15) is 0 Å². The van der Waals surface area contributed by atoms with Gasteiger partial charge in [0.25, 0.3) is 0 Å². The van der Waals surface area contributed by atoms with Crippen LogP contribution in [0.15, 0.2) is 29.2 Å². The van der Waals surface area contributed by atoms with Crippen molar-refractivity contribution in [3.63, 3.8) is 0 Å². The van der Waals surface area contributed by atoms with Crippen molar-refractivity contribution in [2.45, 2.75) is 31.2 Å². The molecule has 1 unspecified atom stereocenters. The minimum Gasteiger partial charge on any atom is -0.480 e. The molecule has 1 aromatic carbocycles. The minimum atomic E-state index is -0.996. The van der Waals surface area contributed by atoms with Crippen molar-refractivity contribution >= 4 is 35.2 Å². The first kappa shape index (κ1) is 16.9. The van der Waals surface area contributed by atoms with Gasteiger partial charge in [0.15, 0.2) is 0 Å². The summed E-state index contributed by atoms with van der Waals surface area (Å²) in [5.41, 5.74) is 0. The standard InChI is InChI=1S/C14H18ClNO3S/c1-3-9(2)13(14(18)19)16-12(17)8-20-11-6-4-10(15)5-7-11/h4-7,9,13H,3,8H2,1-2H3,(H,16,17)(H,18,19)/t9?,13-/m0/s1. The molecule has 0 bridgehead atoms. The third-order valence-corrected chi connectivity index (χ3v) is 4.24. The number of hydrogen-bond donors (Lipinski definition) is 2. The zero-order valence-electron chi connectivity index (χ0n) is 11.4. The second kappa shape index (κ2) is 8.17. The fourth-order valence-electron chi connectivity index (χ4n) is 1.58. The highest BCUT2D eigenvalue weighted by molar-refractivity contribution is 8.00. The second-order valence-electron chi connectivity index (χ2n) is 4.51. The van der Waals surface area contributed by atoms with Crippen molar-refractivity contribution in [2.75, 3.05) is 5.75 Å². The molecular weight excluding hydrogens is 298 g/mol. The van der Waals surface area contributed by atoms with E-state index in [1.54, 1.807) is 12.1 Å². The number of aliphatic carboxylic acids is 1. The van der Waals surface area contributed by atoms with Crippen LogP contribution in [-0.2, 0) is 9.59 Å². The number of hydrogen-bond acceptors (Lipinski definition) is 3. The lowest BCUT2D eigenvalue weighted by Crippen LogP contribution is -2.45. The number of carboxylic acids is 1. The van der Waals surface area contributed by atoms with Crippen LogP contribution < -0.4 is 5.32 Å². The summed E-state index contributed by atoms with van der Waals surface area (Å²) in [7, 11) is 0. The predicted molar refractivity (Wildman–Crippen MR) is 81.2 cm³/mol. The van der Waals surface area contributed by atoms with Crippen LogP contribution >= 0.6 is 23.4 Å². The molecule has 1 aromatic rings. The summed E-state index contributed by atoms with van der Waals surface area (Å²) in [5, 5.41) is 12.3. The number of benzene rings is 1. The molecule has 0 radical (unpaired) electrons. The van der Waals surface area contributed by atoms with Gasteiger partial charge in [0, 0.05) is 9.92 Å². The Hall–Kier alpha value is -1.20. The summed E-state index contributed by atoms with van der Waals surface area (Å²) in [6, 6.07) is 6.31. The summed E-state index contributed by atoms with van der Waals surface area (Å²) in [4.78, 5) is 23.8. The molecule has 0 heterocycles. The highest BCUT2D eigenvalue weighted by atomic mass is 35.5. The van der Waals surface area contributed by atoms with Crippen LogP contribution in [-0.4, -0.2) is 28.8 Å². The van der Waals surface area contributed by atoms with E-state index in [2.05, 4.69) is 5.32 Å². The highest BCUT2D eigenvalue weighted by Gasteiger charge is 2.25. The molecule has 2 atom stereocenters. The molecule has 20 heavy (non-hydrogen) atoms. The van der Waals surface area contributed by atoms with Gasteiger partial charge in [0.05, 0.1) is 5.75 Å². The Morgan fingerprint density at radius 1 is 1.35 bits per heavy atom. The molecule has 1 amide bonds. The van der Waals surface area contributed by atoms with Gasteiger partial charge in [0.2, 0.25) is 5.91 Å². The fraction of sp³-hybridized carbons (Fsp3) is 0.429. The number of nitrogens with one attached hydrogen (secondary N) is 1. The number of halogens is 1. The van der Waals surface area contributed by atoms with Crippen LogP contribution in [0.1, 0.15) is 20.3 Å². The monoisotopic (exact) mass is 315 g/mol. The van der Waals surface area contributed by atoms with Crippen LogP contribution in [0.5, 0.6) is 0 Å². The summed E-state index contributed by atoms with van der Waals surface area (Å²) < 4.78 is 0. The van der Waals surface area contributed by atoms with Gasteiger partial charge in [0.1, 0.15) is 6.04 Å². The number of thioether (sulfide) groups is 1. The second-order valence-corrected chi connectivity index (χ2v) is 6.00. The first-order valence-corrected chi connectivity index (χ1v) is 7.71. The summed E-state index contributed by atoms with van der Waals surface area (Å²) in [6.07, 6.45) is 0.696. The molecule has 4 nitrogen and oxygen atoms in total. The van der Waals surface area contributed by atoms with Gasteiger partial charge >= 0.3 is 5.97 Å². The molecule has 0 aliphatic carbocycles. The van der Waals surface area contributed by atoms with E-state index in [-0.39, 0.29) is 17.6 Å². The molecule has 0 aliphatic rings. The number of carbonyl (C=O) groups excluding carboxylic acids is 1. The van der Waals surface area contributed by atoms with E-state index in [1.807, 2.05) is 26.0 Å². The van der Waals surface area contributed by atoms with Gasteiger partial charge < -0.3 is 10.4 Å². The zero-order valence-corrected chi connectivity index (χ0v) is 13.0. The van der Waals surface area contributed by atoms with E-state index in [0.29, 0.717) is 11.4 Å². The molecule has 6 heteroatoms. The Labute approximate surface area is 127 Å². The van der Waals surface area contributed by atoms with E-state index < -0.39 is 12.0 Å². The van der Waals surface area contributed by atoms with E-state index in [0.717, 1.165) is 4.90 Å². The van der Waals surface area contributed by atoms with Gasteiger partial charge in [-0.3, -0.25) is 4.79 Å². The van der Waals surface area contributed by atoms with E-state index >= 15 is 0 Å². The number of carboxylic acid groups (broad SMARTS) is 1. The van der Waals surface area contributed by atoms with Crippen molar-refractivity contribution in [3.8, 4) is 0 Å². The maximum Gasteiger partial charge on any atom is 0.326 e. The first-order chi connectivity index (χ1) is 9.43. The van der Waals surface area contributed by atoms with Crippen molar-refractivity contribution in [1.29, 1.82) is 0 Å². The summed E-state index contributed by atoms with van der Waals surface area (Å²) >= 11 is 7.12. The third-order valence-electron chi connectivity index (χ3n) is 2.98. The molecule has 0 spiro atoms. The molecule has 0 saturated carbocycles. The average molecular weight is 316 g/mol. The molecule has 110 valence electrons. The molecule has 0 aromatic heterocycles. The lowest BCUT2D eigenvalue weighted by atomic mass is 9.99. The Morgan fingerprint density at radius 3 is 2.45 bits per heavy atom. The van der Waals surface area contributed by atoms with Crippen LogP contribution in [0.25, 0.3) is 0 Å². The normalized spacial score (nSPS) is 13.6. The summed E-state index contributed by atoms with van der Waals surface area (Å²) in [5.74, 6) is -1.19. The van der Waals surface area contributed by atoms with E-state index in [9.17, 15) is 9.59 Å². The maximum atomic E-state index is 11.8. The van der Waals surface area contributed by atoms with Crippen LogP contribution in [0, 0.1) is 5.92 Å². The predicted octanol–water partition coefficient (Wildman–Crippen LogP) is 3.05. The molecule has 0 aliphatic heterocycles. The van der Waals surface area contributed by atoms with Crippen molar-refractivity contribution in [1.82, 2.24) is 5.32 Å². The third kappa shape index (κ3) is 5.43. The largest absolute Gasteiger partial charge is 0.480 e. The SMILES string of the molecule is CCC(C)[C@H](NC(=O)CSc1ccc(Cl)cc1)C(=O)O. The van der Waals surface area contributed by atoms with Gasteiger partial charge in [-0.15, -0.1) is 11.8 Å². The Bertz CT molecular complexity index is 464. The van der Waals surface area contributed by atoms with Crippen molar-refractivity contribution in [3.05, 3.63) is 29.3 Å².